The summed E-state index contributed by atoms with van der Waals surface area (Å²) in [5, 5.41) is 8.91. The second-order valence-corrected chi connectivity index (χ2v) is 3.94. The van der Waals surface area contributed by atoms with E-state index in [1.54, 1.807) is 13.2 Å². The first-order chi connectivity index (χ1) is 7.69. The molecule has 0 aliphatic heterocycles. The smallest absolute Gasteiger partial charge is 0.143 e. The minimum Gasteiger partial charge on any atom is -0.483 e. The predicted molar refractivity (Wildman–Crippen MR) is 57.8 cm³/mol. The van der Waals surface area contributed by atoms with Gasteiger partial charge in [-0.15, -0.1) is 0 Å². The van der Waals surface area contributed by atoms with E-state index in [0.29, 0.717) is 23.7 Å². The van der Waals surface area contributed by atoms with Gasteiger partial charge in [0.05, 0.1) is 12.8 Å². The number of nitriles is 1. The van der Waals surface area contributed by atoms with Crippen molar-refractivity contribution in [1.29, 1.82) is 5.26 Å². The fraction of sp³-hybridized carbons (Fsp3) is 0.455. The molecular formula is C11H13N3O2. The molecule has 84 valence electrons. The minimum atomic E-state index is -0.270. The van der Waals surface area contributed by atoms with Gasteiger partial charge >= 0.3 is 0 Å². The Morgan fingerprint density at radius 2 is 2.38 bits per heavy atom. The van der Waals surface area contributed by atoms with Crippen molar-refractivity contribution in [2.24, 2.45) is 0 Å². The summed E-state index contributed by atoms with van der Waals surface area (Å²) in [5.74, 6) is 0.840. The normalized spacial score (nSPS) is 16.5. The molecule has 2 rings (SSSR count). The Bertz CT molecular complexity index is 435. The maximum atomic E-state index is 8.91. The van der Waals surface area contributed by atoms with Crippen molar-refractivity contribution in [2.45, 2.75) is 18.4 Å². The van der Waals surface area contributed by atoms with Gasteiger partial charge in [0.1, 0.15) is 28.8 Å². The summed E-state index contributed by atoms with van der Waals surface area (Å²) >= 11 is 0. The molecular weight excluding hydrogens is 206 g/mol. The Balaban J connectivity index is 2.21. The molecule has 1 saturated carbocycles. The number of hydrogen-bond acceptors (Lipinski definition) is 5. The highest BCUT2D eigenvalue weighted by molar-refractivity contribution is 5.48. The van der Waals surface area contributed by atoms with Crippen LogP contribution in [-0.4, -0.2) is 24.3 Å². The maximum Gasteiger partial charge on any atom is 0.143 e. The Labute approximate surface area is 93.8 Å². The van der Waals surface area contributed by atoms with Crippen LogP contribution < -0.4 is 10.5 Å². The lowest BCUT2D eigenvalue weighted by Gasteiger charge is -2.17. The van der Waals surface area contributed by atoms with E-state index < -0.39 is 0 Å². The number of anilines is 1. The molecule has 5 heteroatoms. The average molecular weight is 219 g/mol. The van der Waals surface area contributed by atoms with Crippen molar-refractivity contribution >= 4 is 5.82 Å². The van der Waals surface area contributed by atoms with Crippen LogP contribution in [0, 0.1) is 11.3 Å². The van der Waals surface area contributed by atoms with E-state index in [9.17, 15) is 0 Å². The monoisotopic (exact) mass is 219 g/mol. The predicted octanol–water partition coefficient (Wildman–Crippen LogP) is 1.09. The number of nitrogen functional groups attached to an aromatic ring is 1. The molecule has 5 nitrogen and oxygen atoms in total. The summed E-state index contributed by atoms with van der Waals surface area (Å²) < 4.78 is 10.9. The highest BCUT2D eigenvalue weighted by atomic mass is 16.5. The molecule has 1 aromatic heterocycles. The highest BCUT2D eigenvalue weighted by Gasteiger charge is 2.46. The first-order valence-corrected chi connectivity index (χ1v) is 5.03. The van der Waals surface area contributed by atoms with E-state index in [0.717, 1.165) is 12.8 Å². The molecule has 1 heterocycles. The number of hydrogen-bond donors (Lipinski definition) is 1. The van der Waals surface area contributed by atoms with E-state index in [1.165, 1.54) is 6.20 Å². The molecule has 0 saturated heterocycles. The standard InChI is InChI=1S/C11H13N3O2/c1-15-7-11(2-3-11)16-9-4-10(13)14-6-8(9)5-12/h4,6H,2-3,7H2,1H3,(H2,13,14). The molecule has 0 spiro atoms. The van der Waals surface area contributed by atoms with Gasteiger partial charge in [-0.3, -0.25) is 0 Å². The van der Waals surface area contributed by atoms with Gasteiger partial charge in [-0.1, -0.05) is 0 Å². The molecule has 2 N–H and O–H groups in total. The van der Waals surface area contributed by atoms with Crippen LogP contribution in [0.4, 0.5) is 5.82 Å². The fourth-order valence-electron chi connectivity index (χ4n) is 1.53. The Morgan fingerprint density at radius 1 is 1.62 bits per heavy atom. The lowest BCUT2D eigenvalue weighted by molar-refractivity contribution is 0.0637. The van der Waals surface area contributed by atoms with Gasteiger partial charge in [0.25, 0.3) is 0 Å². The summed E-state index contributed by atoms with van der Waals surface area (Å²) in [6.07, 6.45) is 3.30. The highest BCUT2D eigenvalue weighted by Crippen LogP contribution is 2.41. The number of rotatable bonds is 4. The topological polar surface area (TPSA) is 81.2 Å². The zero-order valence-electron chi connectivity index (χ0n) is 9.06. The fourth-order valence-corrected chi connectivity index (χ4v) is 1.53. The van der Waals surface area contributed by atoms with Crippen LogP contribution in [0.5, 0.6) is 5.75 Å². The molecule has 16 heavy (non-hydrogen) atoms. The number of aromatic nitrogens is 1. The number of methoxy groups -OCH3 is 1. The number of ether oxygens (including phenoxy) is 2. The van der Waals surface area contributed by atoms with Gasteiger partial charge < -0.3 is 15.2 Å². The minimum absolute atomic E-state index is 0.270. The molecule has 0 bridgehead atoms. The van der Waals surface area contributed by atoms with E-state index in [2.05, 4.69) is 4.98 Å². The zero-order valence-corrected chi connectivity index (χ0v) is 9.06. The maximum absolute atomic E-state index is 8.91. The van der Waals surface area contributed by atoms with Gasteiger partial charge in [0, 0.05) is 13.2 Å². The van der Waals surface area contributed by atoms with Crippen LogP contribution in [-0.2, 0) is 4.74 Å². The van der Waals surface area contributed by atoms with E-state index in [1.807, 2.05) is 6.07 Å². The van der Waals surface area contributed by atoms with Crippen LogP contribution in [0.25, 0.3) is 0 Å². The van der Waals surface area contributed by atoms with Gasteiger partial charge in [-0.05, 0) is 12.8 Å². The van der Waals surface area contributed by atoms with Crippen LogP contribution in [0.3, 0.4) is 0 Å². The summed E-state index contributed by atoms with van der Waals surface area (Å²) in [4.78, 5) is 3.85. The zero-order chi connectivity index (χ0) is 11.6. The molecule has 1 fully saturated rings. The second kappa shape index (κ2) is 3.99. The number of pyridine rings is 1. The van der Waals surface area contributed by atoms with Crippen molar-refractivity contribution in [2.75, 3.05) is 19.5 Å². The third kappa shape index (κ3) is 2.07. The van der Waals surface area contributed by atoms with Crippen LogP contribution in [0.15, 0.2) is 12.3 Å². The molecule has 0 radical (unpaired) electrons. The molecule has 0 aromatic carbocycles. The summed E-state index contributed by atoms with van der Waals surface area (Å²) in [6.45, 7) is 0.528. The number of nitrogens with zero attached hydrogens (tertiary/aromatic N) is 2. The van der Waals surface area contributed by atoms with Crippen molar-refractivity contribution in [3.8, 4) is 11.8 Å². The quantitative estimate of drug-likeness (QED) is 0.819. The molecule has 0 amide bonds. The Morgan fingerprint density at radius 3 is 2.94 bits per heavy atom. The summed E-state index contributed by atoms with van der Waals surface area (Å²) in [5.41, 5.74) is 5.69. The molecule has 1 aliphatic carbocycles. The second-order valence-electron chi connectivity index (χ2n) is 3.94. The molecule has 1 aromatic rings. The van der Waals surface area contributed by atoms with Crippen molar-refractivity contribution in [3.63, 3.8) is 0 Å². The lowest BCUT2D eigenvalue weighted by atomic mass is 10.2. The Kier molecular flexibility index (Phi) is 2.67. The van der Waals surface area contributed by atoms with Gasteiger partial charge in [-0.25, -0.2) is 4.98 Å². The first-order valence-electron chi connectivity index (χ1n) is 5.03. The summed E-state index contributed by atoms with van der Waals surface area (Å²) in [6, 6.07) is 3.61. The van der Waals surface area contributed by atoms with Crippen LogP contribution >= 0.6 is 0 Å². The van der Waals surface area contributed by atoms with Crippen LogP contribution in [0.1, 0.15) is 18.4 Å². The third-order valence-electron chi connectivity index (χ3n) is 2.55. The molecule has 1 aliphatic rings. The Hall–Kier alpha value is -1.80. The van der Waals surface area contributed by atoms with Crippen molar-refractivity contribution < 1.29 is 9.47 Å². The molecule has 0 unspecified atom stereocenters. The van der Waals surface area contributed by atoms with E-state index in [-0.39, 0.29) is 5.60 Å². The molecule has 0 atom stereocenters. The average Bonchev–Trinajstić information content (AvgIpc) is 2.99. The summed E-state index contributed by atoms with van der Waals surface area (Å²) in [7, 11) is 1.63. The SMILES string of the molecule is COCC1(Oc2cc(N)ncc2C#N)CC1. The number of nitrogens with two attached hydrogens (primary N) is 1. The lowest BCUT2D eigenvalue weighted by Crippen LogP contribution is -2.24. The van der Waals surface area contributed by atoms with Crippen LogP contribution in [0.2, 0.25) is 0 Å². The van der Waals surface area contributed by atoms with Gasteiger partial charge in [0.2, 0.25) is 0 Å². The van der Waals surface area contributed by atoms with Gasteiger partial charge in [-0.2, -0.15) is 5.26 Å². The van der Waals surface area contributed by atoms with Crippen molar-refractivity contribution in [1.82, 2.24) is 4.98 Å². The largest absolute Gasteiger partial charge is 0.483 e. The van der Waals surface area contributed by atoms with E-state index >= 15 is 0 Å². The van der Waals surface area contributed by atoms with Gasteiger partial charge in [0.15, 0.2) is 0 Å². The van der Waals surface area contributed by atoms with E-state index in [4.69, 9.17) is 20.5 Å². The van der Waals surface area contributed by atoms with Crippen molar-refractivity contribution in [3.05, 3.63) is 17.8 Å². The third-order valence-corrected chi connectivity index (χ3v) is 2.55. The first kappa shape index (κ1) is 10.7.